The minimum absolute atomic E-state index is 0.184. The Morgan fingerprint density at radius 1 is 1.28 bits per heavy atom. The Bertz CT molecular complexity index is 473. The lowest BCUT2D eigenvalue weighted by atomic mass is 10.3. The van der Waals surface area contributed by atoms with Crippen molar-refractivity contribution in [1.82, 2.24) is 9.78 Å². The highest BCUT2D eigenvalue weighted by atomic mass is 32.2. The first-order valence-corrected chi connectivity index (χ1v) is 6.90. The zero-order valence-corrected chi connectivity index (χ0v) is 10.8. The predicted molar refractivity (Wildman–Crippen MR) is 72.8 cm³/mol. The van der Waals surface area contributed by atoms with Gasteiger partial charge in [0, 0.05) is 23.3 Å². The van der Waals surface area contributed by atoms with E-state index < -0.39 is 6.10 Å². The van der Waals surface area contributed by atoms with E-state index in [0.29, 0.717) is 5.75 Å². The average Bonchev–Trinajstić information content (AvgIpc) is 2.88. The Balaban J connectivity index is 1.91. The topological polar surface area (TPSA) is 58.3 Å². The molecule has 0 unspecified atom stereocenters. The molecular formula is C13H16N2O2S. The fraction of sp³-hybridized carbons (Fsp3) is 0.308. The molecule has 0 saturated heterocycles. The summed E-state index contributed by atoms with van der Waals surface area (Å²) in [6, 6.07) is 9.92. The van der Waals surface area contributed by atoms with Gasteiger partial charge in [-0.05, 0) is 12.1 Å². The van der Waals surface area contributed by atoms with Gasteiger partial charge < -0.3 is 10.2 Å². The lowest BCUT2D eigenvalue weighted by Crippen LogP contribution is -2.14. The van der Waals surface area contributed by atoms with Crippen molar-refractivity contribution in [2.75, 3.05) is 12.4 Å². The molecule has 0 aliphatic rings. The second kappa shape index (κ2) is 6.58. The van der Waals surface area contributed by atoms with Crippen LogP contribution >= 0.6 is 11.8 Å². The van der Waals surface area contributed by atoms with E-state index in [0.717, 1.165) is 17.0 Å². The first-order valence-electron chi connectivity index (χ1n) is 5.75. The summed E-state index contributed by atoms with van der Waals surface area (Å²) >= 11 is 1.58. The molecule has 5 heteroatoms. The van der Waals surface area contributed by atoms with Crippen LogP contribution in [-0.4, -0.2) is 38.5 Å². The summed E-state index contributed by atoms with van der Waals surface area (Å²) in [5, 5.41) is 22.2. The van der Waals surface area contributed by atoms with Crippen LogP contribution in [0.3, 0.4) is 0 Å². The van der Waals surface area contributed by atoms with Gasteiger partial charge >= 0.3 is 0 Å². The number of aliphatic hydroxyl groups excluding tert-OH is 2. The molecule has 1 atom stereocenters. The van der Waals surface area contributed by atoms with Crippen LogP contribution in [0.2, 0.25) is 0 Å². The summed E-state index contributed by atoms with van der Waals surface area (Å²) in [5.74, 6) is 1.32. The van der Waals surface area contributed by atoms with Gasteiger partial charge in [-0.15, -0.1) is 0 Å². The SMILES string of the molecule is OC[C@@H](O)CSCc1cnn(-c2ccccc2)c1. The number of para-hydroxylation sites is 1. The van der Waals surface area contributed by atoms with Crippen LogP contribution in [0, 0.1) is 0 Å². The van der Waals surface area contributed by atoms with Crippen LogP contribution in [0.1, 0.15) is 5.56 Å². The minimum Gasteiger partial charge on any atom is -0.394 e. The zero-order valence-electron chi connectivity index (χ0n) is 9.94. The summed E-state index contributed by atoms with van der Waals surface area (Å²) in [5.41, 5.74) is 2.14. The van der Waals surface area contributed by atoms with Gasteiger partial charge in [-0.1, -0.05) is 18.2 Å². The van der Waals surface area contributed by atoms with E-state index >= 15 is 0 Å². The van der Waals surface area contributed by atoms with E-state index in [2.05, 4.69) is 5.10 Å². The van der Waals surface area contributed by atoms with E-state index in [1.54, 1.807) is 11.8 Å². The molecule has 2 N–H and O–H groups in total. The Kier molecular flexibility index (Phi) is 4.81. The molecule has 2 rings (SSSR count). The van der Waals surface area contributed by atoms with Crippen LogP contribution in [0.25, 0.3) is 5.69 Å². The largest absolute Gasteiger partial charge is 0.394 e. The number of thioether (sulfide) groups is 1. The minimum atomic E-state index is -0.640. The number of aromatic nitrogens is 2. The third-order valence-electron chi connectivity index (χ3n) is 2.45. The van der Waals surface area contributed by atoms with E-state index in [4.69, 9.17) is 5.11 Å². The molecule has 1 aromatic carbocycles. The number of benzene rings is 1. The van der Waals surface area contributed by atoms with Gasteiger partial charge in [-0.2, -0.15) is 16.9 Å². The van der Waals surface area contributed by atoms with Crippen molar-refractivity contribution >= 4 is 11.8 Å². The number of hydrogen-bond acceptors (Lipinski definition) is 4. The lowest BCUT2D eigenvalue weighted by molar-refractivity contribution is 0.113. The maximum atomic E-state index is 9.23. The molecule has 18 heavy (non-hydrogen) atoms. The van der Waals surface area contributed by atoms with Crippen molar-refractivity contribution in [3.05, 3.63) is 48.3 Å². The number of aliphatic hydroxyl groups is 2. The second-order valence-corrected chi connectivity index (χ2v) is 5.01. The fourth-order valence-corrected chi connectivity index (χ4v) is 2.40. The van der Waals surface area contributed by atoms with Crippen molar-refractivity contribution in [1.29, 1.82) is 0 Å². The lowest BCUT2D eigenvalue weighted by Gasteiger charge is -2.04. The van der Waals surface area contributed by atoms with Crippen LogP contribution in [0.15, 0.2) is 42.7 Å². The molecule has 2 aromatic rings. The van der Waals surface area contributed by atoms with Gasteiger partial charge in [-0.25, -0.2) is 4.68 Å². The summed E-state index contributed by atoms with van der Waals surface area (Å²) < 4.78 is 1.83. The molecular weight excluding hydrogens is 248 g/mol. The van der Waals surface area contributed by atoms with Gasteiger partial charge in [-0.3, -0.25) is 0 Å². The molecule has 0 spiro atoms. The normalized spacial score (nSPS) is 12.6. The maximum absolute atomic E-state index is 9.23. The number of hydrogen-bond donors (Lipinski definition) is 2. The standard InChI is InChI=1S/C13H16N2O2S/c16-8-13(17)10-18-9-11-6-14-15(7-11)12-4-2-1-3-5-12/h1-7,13,16-17H,8-10H2/t13-/m1/s1. The second-order valence-electron chi connectivity index (χ2n) is 3.98. The molecule has 96 valence electrons. The van der Waals surface area contributed by atoms with Crippen LogP contribution in [0.4, 0.5) is 0 Å². The smallest absolute Gasteiger partial charge is 0.0861 e. The summed E-state index contributed by atoms with van der Waals surface area (Å²) in [6.45, 7) is -0.184. The molecule has 0 aliphatic heterocycles. The Morgan fingerprint density at radius 2 is 2.06 bits per heavy atom. The maximum Gasteiger partial charge on any atom is 0.0861 e. The first kappa shape index (κ1) is 13.1. The van der Waals surface area contributed by atoms with Crippen LogP contribution in [-0.2, 0) is 5.75 Å². The fourth-order valence-electron chi connectivity index (χ4n) is 1.52. The highest BCUT2D eigenvalue weighted by Crippen LogP contribution is 2.14. The van der Waals surface area contributed by atoms with Gasteiger partial charge in [0.2, 0.25) is 0 Å². The van der Waals surface area contributed by atoms with Crippen molar-refractivity contribution < 1.29 is 10.2 Å². The summed E-state index contributed by atoms with van der Waals surface area (Å²) in [7, 11) is 0. The first-order chi connectivity index (χ1) is 8.79. The predicted octanol–water partition coefficient (Wildman–Crippen LogP) is 1.46. The average molecular weight is 264 g/mol. The molecule has 0 radical (unpaired) electrons. The highest BCUT2D eigenvalue weighted by Gasteiger charge is 2.04. The van der Waals surface area contributed by atoms with Gasteiger partial charge in [0.15, 0.2) is 0 Å². The highest BCUT2D eigenvalue weighted by molar-refractivity contribution is 7.98. The molecule has 0 amide bonds. The van der Waals surface area contributed by atoms with Gasteiger partial charge in [0.1, 0.15) is 0 Å². The van der Waals surface area contributed by atoms with Crippen molar-refractivity contribution in [2.45, 2.75) is 11.9 Å². The Hall–Kier alpha value is -1.30. The van der Waals surface area contributed by atoms with Crippen molar-refractivity contribution in [2.24, 2.45) is 0 Å². The number of rotatable bonds is 6. The van der Waals surface area contributed by atoms with Crippen molar-refractivity contribution in [3.8, 4) is 5.69 Å². The van der Waals surface area contributed by atoms with E-state index in [9.17, 15) is 5.11 Å². The molecule has 1 heterocycles. The third kappa shape index (κ3) is 3.60. The van der Waals surface area contributed by atoms with Gasteiger partial charge in [0.25, 0.3) is 0 Å². The molecule has 0 aliphatic carbocycles. The Morgan fingerprint density at radius 3 is 2.78 bits per heavy atom. The summed E-state index contributed by atoms with van der Waals surface area (Å²) in [6.07, 6.45) is 3.16. The van der Waals surface area contributed by atoms with Crippen molar-refractivity contribution in [3.63, 3.8) is 0 Å². The van der Waals surface area contributed by atoms with Crippen LogP contribution < -0.4 is 0 Å². The number of nitrogens with zero attached hydrogens (tertiary/aromatic N) is 2. The monoisotopic (exact) mass is 264 g/mol. The van der Waals surface area contributed by atoms with Gasteiger partial charge in [0.05, 0.1) is 24.6 Å². The quantitative estimate of drug-likeness (QED) is 0.829. The van der Waals surface area contributed by atoms with E-state index in [1.807, 2.05) is 47.4 Å². The van der Waals surface area contributed by atoms with E-state index in [1.165, 1.54) is 0 Å². The molecule has 4 nitrogen and oxygen atoms in total. The summed E-state index contributed by atoms with van der Waals surface area (Å²) in [4.78, 5) is 0. The molecule has 0 saturated carbocycles. The third-order valence-corrected chi connectivity index (χ3v) is 3.60. The van der Waals surface area contributed by atoms with Crippen LogP contribution in [0.5, 0.6) is 0 Å². The zero-order chi connectivity index (χ0) is 12.8. The molecule has 1 aromatic heterocycles. The molecule has 0 fully saturated rings. The molecule has 0 bridgehead atoms. The van der Waals surface area contributed by atoms with E-state index in [-0.39, 0.29) is 6.61 Å². The Labute approximate surface area is 110 Å².